The van der Waals surface area contributed by atoms with Gasteiger partial charge in [-0.25, -0.2) is 0 Å². The Morgan fingerprint density at radius 2 is 1.56 bits per heavy atom. The van der Waals surface area contributed by atoms with E-state index in [0.29, 0.717) is 5.75 Å². The first-order valence-electron chi connectivity index (χ1n) is 6.29. The van der Waals surface area contributed by atoms with Crippen molar-refractivity contribution >= 4 is 0 Å². The van der Waals surface area contributed by atoms with Gasteiger partial charge in [0, 0.05) is 5.56 Å². The number of hydrogen-bond donors (Lipinski definition) is 2. The molecule has 2 heteroatoms. The summed E-state index contributed by atoms with van der Waals surface area (Å²) in [5, 5.41) is 19.5. The first-order valence-corrected chi connectivity index (χ1v) is 6.29. The molecule has 2 aromatic carbocycles. The highest BCUT2D eigenvalue weighted by atomic mass is 16.3. The van der Waals surface area contributed by atoms with Crippen LogP contribution in [0.3, 0.4) is 0 Å². The molecule has 0 saturated carbocycles. The van der Waals surface area contributed by atoms with E-state index < -0.39 is 0 Å². The van der Waals surface area contributed by atoms with Gasteiger partial charge >= 0.3 is 0 Å². The minimum absolute atomic E-state index is 0.237. The van der Waals surface area contributed by atoms with Crippen molar-refractivity contribution in [2.24, 2.45) is 0 Å². The number of benzene rings is 2. The van der Waals surface area contributed by atoms with E-state index in [0.717, 1.165) is 35.1 Å². The van der Waals surface area contributed by atoms with E-state index in [2.05, 4.69) is 19.9 Å². The van der Waals surface area contributed by atoms with Crippen LogP contribution >= 0.6 is 0 Å². The van der Waals surface area contributed by atoms with E-state index in [1.165, 1.54) is 0 Å². The van der Waals surface area contributed by atoms with Gasteiger partial charge in [-0.2, -0.15) is 0 Å². The van der Waals surface area contributed by atoms with Crippen molar-refractivity contribution in [2.75, 3.05) is 0 Å². The first kappa shape index (κ1) is 12.5. The maximum Gasteiger partial charge on any atom is 0.123 e. The van der Waals surface area contributed by atoms with Crippen molar-refractivity contribution in [3.05, 3.63) is 47.5 Å². The Balaban J connectivity index is 2.59. The summed E-state index contributed by atoms with van der Waals surface area (Å²) in [5.74, 6) is 0.554. The smallest absolute Gasteiger partial charge is 0.123 e. The summed E-state index contributed by atoms with van der Waals surface area (Å²) in [6.07, 6.45) is 1.79. The van der Waals surface area contributed by atoms with Crippen molar-refractivity contribution in [1.29, 1.82) is 0 Å². The molecule has 0 heterocycles. The summed E-state index contributed by atoms with van der Waals surface area (Å²) in [7, 11) is 0. The van der Waals surface area contributed by atoms with Gasteiger partial charge < -0.3 is 10.2 Å². The second kappa shape index (κ2) is 5.13. The molecule has 2 N–H and O–H groups in total. The summed E-state index contributed by atoms with van der Waals surface area (Å²) in [6, 6.07) is 10.9. The Morgan fingerprint density at radius 3 is 2.11 bits per heavy atom. The molecule has 0 aliphatic carbocycles. The lowest BCUT2D eigenvalue weighted by molar-refractivity contribution is 0.473. The van der Waals surface area contributed by atoms with E-state index in [1.807, 2.05) is 18.2 Å². The van der Waals surface area contributed by atoms with Crippen LogP contribution in [0.25, 0.3) is 11.1 Å². The molecule has 94 valence electrons. The molecule has 0 fully saturated rings. The van der Waals surface area contributed by atoms with Gasteiger partial charge in [-0.15, -0.1) is 0 Å². The molecule has 0 amide bonds. The SMILES string of the molecule is CCc1cc(O)c(-c2ccc(O)cc2)c(CC)c1. The molecular formula is C16H18O2. The van der Waals surface area contributed by atoms with Crippen molar-refractivity contribution in [1.82, 2.24) is 0 Å². The van der Waals surface area contributed by atoms with Gasteiger partial charge in [0.1, 0.15) is 11.5 Å². The average molecular weight is 242 g/mol. The Kier molecular flexibility index (Phi) is 3.56. The van der Waals surface area contributed by atoms with E-state index in [9.17, 15) is 10.2 Å². The Labute approximate surface area is 108 Å². The second-order valence-corrected chi connectivity index (χ2v) is 4.40. The molecule has 18 heavy (non-hydrogen) atoms. The van der Waals surface area contributed by atoms with Crippen LogP contribution in [0.5, 0.6) is 11.5 Å². The van der Waals surface area contributed by atoms with Crippen LogP contribution in [0.1, 0.15) is 25.0 Å². The van der Waals surface area contributed by atoms with Gasteiger partial charge in [0.2, 0.25) is 0 Å². The van der Waals surface area contributed by atoms with Gasteiger partial charge in [-0.1, -0.05) is 32.0 Å². The molecule has 0 spiro atoms. The molecular weight excluding hydrogens is 224 g/mol. The van der Waals surface area contributed by atoms with Crippen molar-refractivity contribution < 1.29 is 10.2 Å². The third-order valence-electron chi connectivity index (χ3n) is 3.20. The third-order valence-corrected chi connectivity index (χ3v) is 3.20. The number of rotatable bonds is 3. The molecule has 0 aromatic heterocycles. The first-order chi connectivity index (χ1) is 8.65. The molecule has 0 saturated heterocycles. The standard InChI is InChI=1S/C16H18O2/c1-3-11-9-12(4-2)16(15(18)10-11)13-5-7-14(17)8-6-13/h5-10,17-18H,3-4H2,1-2H3. The predicted molar refractivity (Wildman–Crippen MR) is 74.0 cm³/mol. The van der Waals surface area contributed by atoms with E-state index in [4.69, 9.17) is 0 Å². The summed E-state index contributed by atoms with van der Waals surface area (Å²) in [6.45, 7) is 4.16. The predicted octanol–water partition coefficient (Wildman–Crippen LogP) is 3.89. The minimum Gasteiger partial charge on any atom is -0.508 e. The average Bonchev–Trinajstić information content (AvgIpc) is 2.39. The van der Waals surface area contributed by atoms with Crippen LogP contribution in [-0.4, -0.2) is 10.2 Å². The Hall–Kier alpha value is -1.96. The maximum atomic E-state index is 10.2. The fourth-order valence-corrected chi connectivity index (χ4v) is 2.19. The lowest BCUT2D eigenvalue weighted by Crippen LogP contribution is -1.92. The molecule has 2 rings (SSSR count). The summed E-state index contributed by atoms with van der Waals surface area (Å²) in [4.78, 5) is 0. The van der Waals surface area contributed by atoms with Crippen molar-refractivity contribution in [2.45, 2.75) is 26.7 Å². The number of aryl methyl sites for hydroxylation is 2. The van der Waals surface area contributed by atoms with Crippen molar-refractivity contribution in [3.8, 4) is 22.6 Å². The number of phenols is 2. The number of hydrogen-bond acceptors (Lipinski definition) is 2. The molecule has 0 aliphatic rings. The molecule has 0 radical (unpaired) electrons. The monoisotopic (exact) mass is 242 g/mol. The van der Waals surface area contributed by atoms with Crippen LogP contribution in [0.15, 0.2) is 36.4 Å². The second-order valence-electron chi connectivity index (χ2n) is 4.40. The fraction of sp³-hybridized carbons (Fsp3) is 0.250. The van der Waals surface area contributed by atoms with Crippen LogP contribution in [0.2, 0.25) is 0 Å². The zero-order valence-corrected chi connectivity index (χ0v) is 10.8. The van der Waals surface area contributed by atoms with Gasteiger partial charge in [-0.3, -0.25) is 0 Å². The molecule has 0 bridgehead atoms. The largest absolute Gasteiger partial charge is 0.508 e. The van der Waals surface area contributed by atoms with E-state index >= 15 is 0 Å². The molecule has 0 atom stereocenters. The number of phenolic OH excluding ortho intramolecular Hbond substituents is 2. The number of aromatic hydroxyl groups is 2. The summed E-state index contributed by atoms with van der Waals surface area (Å²) >= 11 is 0. The molecule has 2 nitrogen and oxygen atoms in total. The highest BCUT2D eigenvalue weighted by Gasteiger charge is 2.11. The van der Waals surface area contributed by atoms with Gasteiger partial charge in [0.05, 0.1) is 0 Å². The fourth-order valence-electron chi connectivity index (χ4n) is 2.19. The summed E-state index contributed by atoms with van der Waals surface area (Å²) in [5.41, 5.74) is 4.09. The normalized spacial score (nSPS) is 10.6. The summed E-state index contributed by atoms with van der Waals surface area (Å²) < 4.78 is 0. The Bertz CT molecular complexity index is 542. The van der Waals surface area contributed by atoms with E-state index in [-0.39, 0.29) is 5.75 Å². The maximum absolute atomic E-state index is 10.2. The van der Waals surface area contributed by atoms with Crippen LogP contribution in [-0.2, 0) is 12.8 Å². The lowest BCUT2D eigenvalue weighted by Gasteiger charge is -2.13. The van der Waals surface area contributed by atoms with E-state index in [1.54, 1.807) is 12.1 Å². The minimum atomic E-state index is 0.237. The van der Waals surface area contributed by atoms with Crippen molar-refractivity contribution in [3.63, 3.8) is 0 Å². The van der Waals surface area contributed by atoms with Gasteiger partial charge in [0.25, 0.3) is 0 Å². The lowest BCUT2D eigenvalue weighted by atomic mass is 9.94. The molecule has 0 unspecified atom stereocenters. The highest BCUT2D eigenvalue weighted by molar-refractivity contribution is 5.74. The molecule has 0 aliphatic heterocycles. The molecule has 2 aromatic rings. The van der Waals surface area contributed by atoms with Gasteiger partial charge in [0.15, 0.2) is 0 Å². The third kappa shape index (κ3) is 2.33. The van der Waals surface area contributed by atoms with Crippen LogP contribution in [0.4, 0.5) is 0 Å². The van der Waals surface area contributed by atoms with Crippen LogP contribution in [0, 0.1) is 0 Å². The highest BCUT2D eigenvalue weighted by Crippen LogP contribution is 2.35. The zero-order valence-electron chi connectivity index (χ0n) is 10.8. The quantitative estimate of drug-likeness (QED) is 0.857. The van der Waals surface area contributed by atoms with Gasteiger partial charge in [-0.05, 0) is 47.7 Å². The Morgan fingerprint density at radius 1 is 0.889 bits per heavy atom. The van der Waals surface area contributed by atoms with Crippen LogP contribution < -0.4 is 0 Å². The topological polar surface area (TPSA) is 40.5 Å². The zero-order chi connectivity index (χ0) is 13.1.